The van der Waals surface area contributed by atoms with E-state index in [1.807, 2.05) is 31.2 Å². The highest BCUT2D eigenvalue weighted by Gasteiger charge is 2.17. The number of aliphatic hydroxyl groups excluding tert-OH is 1. The SMILES string of the molecule is CC(CC(O)c1ccc(F)cc1)NC(=O)c1ccnc2ccccc12. The highest BCUT2D eigenvalue weighted by Crippen LogP contribution is 2.20. The van der Waals surface area contributed by atoms with Crippen molar-refractivity contribution < 1.29 is 14.3 Å². The van der Waals surface area contributed by atoms with Crippen molar-refractivity contribution in [2.75, 3.05) is 0 Å². The van der Waals surface area contributed by atoms with E-state index in [1.165, 1.54) is 12.1 Å². The first kappa shape index (κ1) is 17.0. The number of hydrogen-bond donors (Lipinski definition) is 2. The van der Waals surface area contributed by atoms with Crippen LogP contribution in [-0.2, 0) is 0 Å². The lowest BCUT2D eigenvalue weighted by Crippen LogP contribution is -2.33. The van der Waals surface area contributed by atoms with Crippen LogP contribution < -0.4 is 5.32 Å². The summed E-state index contributed by atoms with van der Waals surface area (Å²) in [6, 6.07) is 14.6. The van der Waals surface area contributed by atoms with Gasteiger partial charge in [-0.3, -0.25) is 9.78 Å². The number of fused-ring (bicyclic) bond motifs is 1. The number of carbonyl (C=O) groups is 1. The number of aliphatic hydroxyl groups is 1. The number of benzene rings is 2. The molecule has 1 heterocycles. The minimum atomic E-state index is -0.773. The molecule has 0 aliphatic rings. The van der Waals surface area contributed by atoms with Crippen molar-refractivity contribution in [2.45, 2.75) is 25.5 Å². The zero-order chi connectivity index (χ0) is 17.8. The maximum Gasteiger partial charge on any atom is 0.252 e. The molecular formula is C20H19FN2O2. The van der Waals surface area contributed by atoms with Crippen LogP contribution >= 0.6 is 0 Å². The molecule has 2 aromatic carbocycles. The van der Waals surface area contributed by atoms with E-state index >= 15 is 0 Å². The molecule has 0 saturated heterocycles. The lowest BCUT2D eigenvalue weighted by molar-refractivity contribution is 0.0918. The first-order valence-electron chi connectivity index (χ1n) is 8.13. The monoisotopic (exact) mass is 338 g/mol. The molecule has 25 heavy (non-hydrogen) atoms. The first-order chi connectivity index (χ1) is 12.0. The third-order valence-electron chi connectivity index (χ3n) is 4.10. The van der Waals surface area contributed by atoms with Gasteiger partial charge in [0.1, 0.15) is 5.82 Å². The number of amides is 1. The summed E-state index contributed by atoms with van der Waals surface area (Å²) in [6.07, 6.45) is 1.17. The average molecular weight is 338 g/mol. The van der Waals surface area contributed by atoms with Crippen LogP contribution in [0.15, 0.2) is 60.8 Å². The quantitative estimate of drug-likeness (QED) is 0.747. The van der Waals surface area contributed by atoms with Gasteiger partial charge in [0.2, 0.25) is 0 Å². The number of carbonyl (C=O) groups excluding carboxylic acids is 1. The van der Waals surface area contributed by atoms with E-state index < -0.39 is 6.10 Å². The van der Waals surface area contributed by atoms with Gasteiger partial charge in [-0.2, -0.15) is 0 Å². The van der Waals surface area contributed by atoms with Crippen molar-refractivity contribution in [1.29, 1.82) is 0 Å². The molecule has 0 fully saturated rings. The van der Waals surface area contributed by atoms with Gasteiger partial charge in [-0.15, -0.1) is 0 Å². The second-order valence-electron chi connectivity index (χ2n) is 6.05. The number of hydrogen-bond acceptors (Lipinski definition) is 3. The fourth-order valence-electron chi connectivity index (χ4n) is 2.81. The Morgan fingerprint density at radius 2 is 1.88 bits per heavy atom. The summed E-state index contributed by atoms with van der Waals surface area (Å²) in [5.74, 6) is -0.556. The van der Waals surface area contributed by atoms with Gasteiger partial charge < -0.3 is 10.4 Å². The van der Waals surface area contributed by atoms with Crippen LogP contribution in [0.4, 0.5) is 4.39 Å². The molecule has 0 bridgehead atoms. The molecular weight excluding hydrogens is 319 g/mol. The summed E-state index contributed by atoms with van der Waals surface area (Å²) in [7, 11) is 0. The Hall–Kier alpha value is -2.79. The number of pyridine rings is 1. The topological polar surface area (TPSA) is 62.2 Å². The van der Waals surface area contributed by atoms with Crippen molar-refractivity contribution in [1.82, 2.24) is 10.3 Å². The molecule has 5 heteroatoms. The zero-order valence-electron chi connectivity index (χ0n) is 13.8. The molecule has 0 saturated carbocycles. The Labute approximate surface area is 145 Å². The predicted octanol–water partition coefficient (Wildman–Crippen LogP) is 3.62. The molecule has 2 N–H and O–H groups in total. The number of para-hydroxylation sites is 1. The standard InChI is InChI=1S/C20H19FN2O2/c1-13(12-19(24)14-6-8-15(21)9-7-14)23-20(25)17-10-11-22-18-5-3-2-4-16(17)18/h2-11,13,19,24H,12H2,1H3,(H,23,25). The molecule has 4 nitrogen and oxygen atoms in total. The fraction of sp³-hybridized carbons (Fsp3) is 0.200. The second kappa shape index (κ2) is 7.40. The van der Waals surface area contributed by atoms with E-state index in [1.54, 1.807) is 24.4 Å². The van der Waals surface area contributed by atoms with Crippen LogP contribution in [0.5, 0.6) is 0 Å². The lowest BCUT2D eigenvalue weighted by atomic mass is 10.0. The van der Waals surface area contributed by atoms with Crippen LogP contribution in [0.3, 0.4) is 0 Å². The molecule has 2 atom stereocenters. The molecule has 3 rings (SSSR count). The zero-order valence-corrected chi connectivity index (χ0v) is 13.8. The van der Waals surface area contributed by atoms with Gasteiger partial charge >= 0.3 is 0 Å². The average Bonchev–Trinajstić information content (AvgIpc) is 2.61. The van der Waals surface area contributed by atoms with Crippen molar-refractivity contribution in [3.8, 4) is 0 Å². The third kappa shape index (κ3) is 4.00. The summed E-state index contributed by atoms with van der Waals surface area (Å²) >= 11 is 0. The summed E-state index contributed by atoms with van der Waals surface area (Å²) in [5, 5.41) is 13.9. The van der Waals surface area contributed by atoms with E-state index in [0.29, 0.717) is 17.5 Å². The van der Waals surface area contributed by atoms with E-state index in [4.69, 9.17) is 0 Å². The minimum Gasteiger partial charge on any atom is -0.388 e. The summed E-state index contributed by atoms with van der Waals surface area (Å²) in [4.78, 5) is 16.8. The third-order valence-corrected chi connectivity index (χ3v) is 4.10. The highest BCUT2D eigenvalue weighted by atomic mass is 19.1. The Bertz CT molecular complexity index is 875. The molecule has 128 valence electrons. The highest BCUT2D eigenvalue weighted by molar-refractivity contribution is 6.06. The Morgan fingerprint density at radius 1 is 1.16 bits per heavy atom. The van der Waals surface area contributed by atoms with Gasteiger partial charge in [-0.05, 0) is 43.2 Å². The molecule has 0 spiro atoms. The van der Waals surface area contributed by atoms with E-state index in [9.17, 15) is 14.3 Å². The largest absolute Gasteiger partial charge is 0.388 e. The predicted molar refractivity (Wildman–Crippen MR) is 94.6 cm³/mol. The molecule has 2 unspecified atom stereocenters. The van der Waals surface area contributed by atoms with Gasteiger partial charge in [0.15, 0.2) is 0 Å². The minimum absolute atomic E-state index is 0.211. The van der Waals surface area contributed by atoms with Crippen LogP contribution in [0.2, 0.25) is 0 Å². The number of rotatable bonds is 5. The summed E-state index contributed by atoms with van der Waals surface area (Å²) < 4.78 is 13.0. The van der Waals surface area contributed by atoms with E-state index in [-0.39, 0.29) is 17.8 Å². The van der Waals surface area contributed by atoms with Crippen LogP contribution in [0.1, 0.15) is 35.4 Å². The summed E-state index contributed by atoms with van der Waals surface area (Å²) in [6.45, 7) is 1.83. The van der Waals surface area contributed by atoms with Crippen LogP contribution in [-0.4, -0.2) is 22.0 Å². The van der Waals surface area contributed by atoms with E-state index in [0.717, 1.165) is 10.9 Å². The van der Waals surface area contributed by atoms with Gasteiger partial charge in [-0.25, -0.2) is 4.39 Å². The lowest BCUT2D eigenvalue weighted by Gasteiger charge is -2.18. The van der Waals surface area contributed by atoms with Gasteiger partial charge in [0, 0.05) is 17.6 Å². The maximum absolute atomic E-state index is 13.0. The van der Waals surface area contributed by atoms with E-state index in [2.05, 4.69) is 10.3 Å². The van der Waals surface area contributed by atoms with Gasteiger partial charge in [0.25, 0.3) is 5.91 Å². The molecule has 1 aromatic heterocycles. The Morgan fingerprint density at radius 3 is 2.64 bits per heavy atom. The molecule has 1 amide bonds. The Kier molecular flexibility index (Phi) is 5.05. The normalized spacial score (nSPS) is 13.4. The Balaban J connectivity index is 1.68. The summed E-state index contributed by atoms with van der Waals surface area (Å²) in [5.41, 5.74) is 1.93. The number of nitrogens with zero attached hydrogens (tertiary/aromatic N) is 1. The number of aromatic nitrogens is 1. The van der Waals surface area contributed by atoms with Crippen molar-refractivity contribution in [2.24, 2.45) is 0 Å². The van der Waals surface area contributed by atoms with Crippen LogP contribution in [0, 0.1) is 5.82 Å². The molecule has 0 aliphatic carbocycles. The molecule has 0 radical (unpaired) electrons. The van der Waals surface area contributed by atoms with Crippen LogP contribution in [0.25, 0.3) is 10.9 Å². The van der Waals surface area contributed by atoms with Crippen molar-refractivity contribution in [3.05, 3.63) is 77.7 Å². The number of nitrogens with one attached hydrogen (secondary N) is 1. The molecule has 0 aliphatic heterocycles. The smallest absolute Gasteiger partial charge is 0.252 e. The molecule has 3 aromatic rings. The van der Waals surface area contributed by atoms with Gasteiger partial charge in [-0.1, -0.05) is 30.3 Å². The van der Waals surface area contributed by atoms with Gasteiger partial charge in [0.05, 0.1) is 17.2 Å². The first-order valence-corrected chi connectivity index (χ1v) is 8.13. The van der Waals surface area contributed by atoms with Crippen molar-refractivity contribution >= 4 is 16.8 Å². The maximum atomic E-state index is 13.0. The van der Waals surface area contributed by atoms with Crippen molar-refractivity contribution in [3.63, 3.8) is 0 Å². The number of halogens is 1. The fourth-order valence-corrected chi connectivity index (χ4v) is 2.81. The second-order valence-corrected chi connectivity index (χ2v) is 6.05.